The molecule has 34 heavy (non-hydrogen) atoms. The molecule has 0 saturated carbocycles. The van der Waals surface area contributed by atoms with E-state index in [-0.39, 0.29) is 18.3 Å². The van der Waals surface area contributed by atoms with Gasteiger partial charge in [0.15, 0.2) is 5.17 Å². The Bertz CT molecular complexity index is 1270. The summed E-state index contributed by atoms with van der Waals surface area (Å²) in [5, 5.41) is 3.39. The van der Waals surface area contributed by atoms with Crippen molar-refractivity contribution in [2.24, 2.45) is 4.99 Å². The predicted octanol–water partition coefficient (Wildman–Crippen LogP) is 6.59. The molecule has 1 fully saturated rings. The van der Waals surface area contributed by atoms with Crippen molar-refractivity contribution in [2.75, 3.05) is 0 Å². The molecule has 0 aliphatic carbocycles. The fraction of sp³-hybridized carbons (Fsp3) is 0.143. The summed E-state index contributed by atoms with van der Waals surface area (Å²) in [4.78, 5) is 17.6. The number of hydrogen-bond donors (Lipinski definition) is 1. The van der Waals surface area contributed by atoms with Gasteiger partial charge in [0.2, 0.25) is 0 Å². The fourth-order valence-corrected chi connectivity index (χ4v) is 4.33. The van der Waals surface area contributed by atoms with Gasteiger partial charge in [0.05, 0.1) is 10.6 Å². The lowest BCUT2D eigenvalue weighted by molar-refractivity contribution is -0.115. The Balaban J connectivity index is 1.50. The van der Waals surface area contributed by atoms with Crippen molar-refractivity contribution in [1.82, 2.24) is 5.32 Å². The molecule has 1 aliphatic rings. The SMILES string of the molecule is C=CCc1cc(/C=C2\SC(=Nc3ccc(CC)cc3)NC2=O)ccc1OCc1cccc(F)c1. The third kappa shape index (κ3) is 6.02. The minimum atomic E-state index is -0.289. The normalized spacial score (nSPS) is 15.5. The molecule has 1 heterocycles. The molecule has 0 spiro atoms. The van der Waals surface area contributed by atoms with Crippen LogP contribution >= 0.6 is 11.8 Å². The van der Waals surface area contributed by atoms with E-state index in [1.165, 1.54) is 29.5 Å². The second kappa shape index (κ2) is 11.0. The average Bonchev–Trinajstić information content (AvgIpc) is 3.17. The maximum absolute atomic E-state index is 13.4. The van der Waals surface area contributed by atoms with Crippen molar-refractivity contribution in [3.8, 4) is 5.75 Å². The first-order valence-corrected chi connectivity index (χ1v) is 11.9. The number of allylic oxidation sites excluding steroid dienone is 1. The fourth-order valence-electron chi connectivity index (χ4n) is 3.49. The van der Waals surface area contributed by atoms with Gasteiger partial charge >= 0.3 is 0 Å². The van der Waals surface area contributed by atoms with Crippen LogP contribution in [0, 0.1) is 5.82 Å². The van der Waals surface area contributed by atoms with Gasteiger partial charge in [-0.1, -0.05) is 43.3 Å². The van der Waals surface area contributed by atoms with E-state index >= 15 is 0 Å². The van der Waals surface area contributed by atoms with Gasteiger partial charge < -0.3 is 10.1 Å². The number of hydrogen-bond acceptors (Lipinski definition) is 4. The standard InChI is InChI=1S/C28H25FN2O2S/c1-3-6-22-15-20(11-14-25(22)33-18-21-7-5-8-23(29)16-21)17-26-27(32)31-28(34-26)30-24-12-9-19(4-2)10-13-24/h3,5,7-17H,1,4,6,18H2,2H3,(H,30,31,32)/b26-17-. The van der Waals surface area contributed by atoms with Crippen LogP contribution in [0.5, 0.6) is 5.75 Å². The molecule has 172 valence electrons. The summed E-state index contributed by atoms with van der Waals surface area (Å²) in [7, 11) is 0. The molecule has 4 nitrogen and oxygen atoms in total. The van der Waals surface area contributed by atoms with Gasteiger partial charge in [-0.15, -0.1) is 6.58 Å². The van der Waals surface area contributed by atoms with E-state index in [4.69, 9.17) is 4.74 Å². The van der Waals surface area contributed by atoms with E-state index in [1.807, 2.05) is 54.6 Å². The number of thioether (sulfide) groups is 1. The van der Waals surface area contributed by atoms with E-state index in [9.17, 15) is 9.18 Å². The Morgan fingerprint density at radius 2 is 1.91 bits per heavy atom. The quantitative estimate of drug-likeness (QED) is 0.297. The van der Waals surface area contributed by atoms with Crippen LogP contribution in [-0.2, 0) is 24.2 Å². The van der Waals surface area contributed by atoms with E-state index in [0.717, 1.165) is 28.8 Å². The minimum Gasteiger partial charge on any atom is -0.489 e. The van der Waals surface area contributed by atoms with Crippen molar-refractivity contribution >= 4 is 34.6 Å². The minimum absolute atomic E-state index is 0.175. The molecule has 6 heteroatoms. The van der Waals surface area contributed by atoms with E-state index in [1.54, 1.807) is 12.1 Å². The number of rotatable bonds is 8. The van der Waals surface area contributed by atoms with Gasteiger partial charge in [-0.05, 0) is 89.3 Å². The topological polar surface area (TPSA) is 50.7 Å². The maximum Gasteiger partial charge on any atom is 0.264 e. The molecule has 1 aliphatic heterocycles. The second-order valence-electron chi connectivity index (χ2n) is 7.78. The lowest BCUT2D eigenvalue weighted by Crippen LogP contribution is -2.19. The largest absolute Gasteiger partial charge is 0.489 e. The number of aryl methyl sites for hydroxylation is 1. The predicted molar refractivity (Wildman–Crippen MR) is 138 cm³/mol. The Labute approximate surface area is 203 Å². The lowest BCUT2D eigenvalue weighted by Gasteiger charge is -2.12. The smallest absolute Gasteiger partial charge is 0.264 e. The molecule has 0 aromatic heterocycles. The van der Waals surface area contributed by atoms with Gasteiger partial charge in [-0.3, -0.25) is 4.79 Å². The highest BCUT2D eigenvalue weighted by molar-refractivity contribution is 8.18. The number of benzene rings is 3. The van der Waals surface area contributed by atoms with Crippen molar-refractivity contribution in [2.45, 2.75) is 26.4 Å². The lowest BCUT2D eigenvalue weighted by atomic mass is 10.1. The first-order valence-electron chi connectivity index (χ1n) is 11.0. The van der Waals surface area contributed by atoms with Crippen LogP contribution < -0.4 is 10.1 Å². The molecule has 1 N–H and O–H groups in total. The summed E-state index contributed by atoms with van der Waals surface area (Å²) in [6, 6.07) is 20.1. The van der Waals surface area contributed by atoms with Crippen molar-refractivity contribution in [3.63, 3.8) is 0 Å². The summed E-state index contributed by atoms with van der Waals surface area (Å²) >= 11 is 1.31. The molecular formula is C28H25FN2O2S. The van der Waals surface area contributed by atoms with Crippen molar-refractivity contribution < 1.29 is 13.9 Å². The molecule has 0 bridgehead atoms. The van der Waals surface area contributed by atoms with E-state index in [2.05, 4.69) is 23.8 Å². The summed E-state index contributed by atoms with van der Waals surface area (Å²) in [6.07, 6.45) is 5.21. The van der Waals surface area contributed by atoms with Crippen molar-refractivity contribution in [3.05, 3.63) is 112 Å². The number of carbonyl (C=O) groups is 1. The van der Waals surface area contributed by atoms with Gasteiger partial charge in [-0.2, -0.15) is 0 Å². The second-order valence-corrected chi connectivity index (χ2v) is 8.81. The summed E-state index contributed by atoms with van der Waals surface area (Å²) in [5.74, 6) is 0.237. The van der Waals surface area contributed by atoms with E-state index < -0.39 is 0 Å². The zero-order valence-corrected chi connectivity index (χ0v) is 19.7. The number of amides is 1. The van der Waals surface area contributed by atoms with Crippen LogP contribution in [-0.4, -0.2) is 11.1 Å². The van der Waals surface area contributed by atoms with Gasteiger partial charge in [0.1, 0.15) is 18.2 Å². The van der Waals surface area contributed by atoms with Gasteiger partial charge in [-0.25, -0.2) is 9.38 Å². The number of amidine groups is 1. The third-order valence-electron chi connectivity index (χ3n) is 5.26. The summed E-state index contributed by atoms with van der Waals surface area (Å²) in [6.45, 7) is 6.20. The Kier molecular flexibility index (Phi) is 7.60. The van der Waals surface area contributed by atoms with Gasteiger partial charge in [0, 0.05) is 0 Å². The number of nitrogens with one attached hydrogen (secondary N) is 1. The highest BCUT2D eigenvalue weighted by Crippen LogP contribution is 2.30. The molecule has 3 aromatic carbocycles. The first kappa shape index (κ1) is 23.5. The molecule has 4 rings (SSSR count). The molecule has 0 radical (unpaired) electrons. The maximum atomic E-state index is 13.4. The third-order valence-corrected chi connectivity index (χ3v) is 6.17. The number of ether oxygens (including phenoxy) is 1. The zero-order chi connectivity index (χ0) is 23.9. The Morgan fingerprint density at radius 1 is 1.09 bits per heavy atom. The first-order chi connectivity index (χ1) is 16.5. The zero-order valence-electron chi connectivity index (χ0n) is 18.9. The molecule has 0 atom stereocenters. The van der Waals surface area contributed by atoms with Crippen LogP contribution in [0.2, 0.25) is 0 Å². The van der Waals surface area contributed by atoms with Crippen LogP contribution in [0.4, 0.5) is 10.1 Å². The van der Waals surface area contributed by atoms with Crippen LogP contribution in [0.25, 0.3) is 6.08 Å². The number of carbonyl (C=O) groups excluding carboxylic acids is 1. The van der Waals surface area contributed by atoms with Crippen LogP contribution in [0.3, 0.4) is 0 Å². The molecule has 3 aromatic rings. The van der Waals surface area contributed by atoms with Gasteiger partial charge in [0.25, 0.3) is 5.91 Å². The highest BCUT2D eigenvalue weighted by atomic mass is 32.2. The Morgan fingerprint density at radius 3 is 2.65 bits per heavy atom. The molecule has 1 saturated heterocycles. The highest BCUT2D eigenvalue weighted by Gasteiger charge is 2.24. The summed E-state index contributed by atoms with van der Waals surface area (Å²) < 4.78 is 19.4. The van der Waals surface area contributed by atoms with E-state index in [0.29, 0.717) is 22.2 Å². The molecular weight excluding hydrogens is 447 g/mol. The Hall–Kier alpha value is -3.64. The number of aliphatic imine (C=N–C) groups is 1. The number of nitrogens with zero attached hydrogens (tertiary/aromatic N) is 1. The molecule has 1 amide bonds. The average molecular weight is 473 g/mol. The number of halogens is 1. The van der Waals surface area contributed by atoms with Crippen molar-refractivity contribution in [1.29, 1.82) is 0 Å². The van der Waals surface area contributed by atoms with Crippen LogP contribution in [0.1, 0.15) is 29.2 Å². The summed E-state index contributed by atoms with van der Waals surface area (Å²) in [5.41, 5.74) is 4.61. The monoisotopic (exact) mass is 472 g/mol. The molecule has 0 unspecified atom stereocenters. The van der Waals surface area contributed by atoms with Crippen LogP contribution in [0.15, 0.2) is 89.3 Å².